The Kier molecular flexibility index (Phi) is 2.52. The lowest BCUT2D eigenvalue weighted by Gasteiger charge is -2.04. The zero-order chi connectivity index (χ0) is 12.7. The molecule has 0 aliphatic heterocycles. The lowest BCUT2D eigenvalue weighted by molar-refractivity contribution is -0.670. The number of halogens is 2. The third-order valence-electron chi connectivity index (χ3n) is 2.75. The van der Waals surface area contributed by atoms with Gasteiger partial charge in [-0.15, -0.1) is 0 Å². The third-order valence-corrected chi connectivity index (χ3v) is 3.05. The Morgan fingerprint density at radius 2 is 2.17 bits per heavy atom. The van der Waals surface area contributed by atoms with Crippen molar-refractivity contribution in [2.75, 3.05) is 0 Å². The van der Waals surface area contributed by atoms with Crippen molar-refractivity contribution in [3.05, 3.63) is 53.7 Å². The fraction of sp³-hybridized carbons (Fsp3) is 0.0769. The van der Waals surface area contributed by atoms with Gasteiger partial charge in [-0.1, -0.05) is 17.7 Å². The smallest absolute Gasteiger partial charge is 0.179 e. The maximum atomic E-state index is 13.8. The van der Waals surface area contributed by atoms with E-state index >= 15 is 0 Å². The molecule has 0 amide bonds. The zero-order valence-corrected chi connectivity index (χ0v) is 10.4. The Morgan fingerprint density at radius 3 is 2.94 bits per heavy atom. The van der Waals surface area contributed by atoms with Gasteiger partial charge in [-0.2, -0.15) is 5.10 Å². The van der Waals surface area contributed by atoms with Crippen molar-refractivity contribution in [1.29, 1.82) is 0 Å². The summed E-state index contributed by atoms with van der Waals surface area (Å²) in [5.41, 5.74) is 1.07. The first kappa shape index (κ1) is 11.2. The quantitative estimate of drug-likeness (QED) is 0.618. The molecular weight excluding hydrogens is 253 g/mol. The number of aromatic nitrogens is 3. The zero-order valence-electron chi connectivity index (χ0n) is 9.64. The number of rotatable bonds is 1. The Morgan fingerprint density at radius 1 is 1.33 bits per heavy atom. The lowest BCUT2D eigenvalue weighted by atomic mass is 10.3. The van der Waals surface area contributed by atoms with Crippen LogP contribution < -0.4 is 4.57 Å². The summed E-state index contributed by atoms with van der Waals surface area (Å²) >= 11 is 6.02. The van der Waals surface area contributed by atoms with Gasteiger partial charge in [-0.05, 0) is 12.1 Å². The average molecular weight is 263 g/mol. The second-order valence-electron chi connectivity index (χ2n) is 4.09. The van der Waals surface area contributed by atoms with E-state index in [1.165, 1.54) is 10.7 Å². The molecule has 0 aliphatic carbocycles. The summed E-state index contributed by atoms with van der Waals surface area (Å²) in [7, 11) is 1.92. The molecule has 0 saturated carbocycles. The summed E-state index contributed by atoms with van der Waals surface area (Å²) in [6.45, 7) is 0. The highest BCUT2D eigenvalue weighted by atomic mass is 35.5. The summed E-state index contributed by atoms with van der Waals surface area (Å²) in [5.74, 6) is -0.389. The van der Waals surface area contributed by atoms with Crippen LogP contribution in [0, 0.1) is 5.82 Å². The monoisotopic (exact) mass is 262 g/mol. The minimum Gasteiger partial charge on any atom is -0.235 e. The fourth-order valence-electron chi connectivity index (χ4n) is 1.90. The number of pyridine rings is 1. The van der Waals surface area contributed by atoms with E-state index in [9.17, 15) is 4.39 Å². The van der Waals surface area contributed by atoms with Crippen LogP contribution >= 0.6 is 11.6 Å². The molecule has 1 aromatic carbocycles. The highest BCUT2D eigenvalue weighted by Gasteiger charge is 2.12. The van der Waals surface area contributed by atoms with Gasteiger partial charge in [0, 0.05) is 12.3 Å². The Labute approximate surface area is 108 Å². The Bertz CT molecular complexity index is 716. The predicted molar refractivity (Wildman–Crippen MR) is 67.2 cm³/mol. The standard InChI is InChI=1S/C13H10ClFN3/c1-17-6-5-12-9(7-17)8-18(16-12)13-10(14)3-2-4-11(13)15/h2-8H,1H3/q+1. The highest BCUT2D eigenvalue weighted by molar-refractivity contribution is 6.32. The molecule has 0 bridgehead atoms. The summed E-state index contributed by atoms with van der Waals surface area (Å²) < 4.78 is 17.2. The van der Waals surface area contributed by atoms with Gasteiger partial charge in [0.05, 0.1) is 10.4 Å². The van der Waals surface area contributed by atoms with Crippen LogP contribution in [0.4, 0.5) is 4.39 Å². The van der Waals surface area contributed by atoms with Crippen molar-refractivity contribution in [3.63, 3.8) is 0 Å². The molecule has 0 saturated heterocycles. The largest absolute Gasteiger partial charge is 0.235 e. The third kappa shape index (κ3) is 1.75. The van der Waals surface area contributed by atoms with Crippen molar-refractivity contribution in [1.82, 2.24) is 9.78 Å². The Balaban J connectivity index is 2.26. The summed E-state index contributed by atoms with van der Waals surface area (Å²) in [6.07, 6.45) is 5.58. The molecular formula is C13H10ClFN3+. The molecule has 0 spiro atoms. The minimum absolute atomic E-state index is 0.276. The van der Waals surface area contributed by atoms with Crippen LogP contribution in [0.3, 0.4) is 0 Å². The van der Waals surface area contributed by atoms with E-state index in [2.05, 4.69) is 5.10 Å². The van der Waals surface area contributed by atoms with E-state index in [1.807, 2.05) is 30.1 Å². The molecule has 0 unspecified atom stereocenters. The summed E-state index contributed by atoms with van der Waals surface area (Å²) in [5, 5.41) is 5.59. The van der Waals surface area contributed by atoms with Gasteiger partial charge in [0.2, 0.25) is 0 Å². The van der Waals surface area contributed by atoms with Crippen LogP contribution in [-0.2, 0) is 7.05 Å². The van der Waals surface area contributed by atoms with Crippen LogP contribution in [-0.4, -0.2) is 9.78 Å². The van der Waals surface area contributed by atoms with Crippen LogP contribution in [0.25, 0.3) is 16.6 Å². The molecule has 3 nitrogen and oxygen atoms in total. The van der Waals surface area contributed by atoms with Gasteiger partial charge in [-0.3, -0.25) is 0 Å². The number of benzene rings is 1. The first-order chi connectivity index (χ1) is 8.65. The second-order valence-corrected chi connectivity index (χ2v) is 4.50. The molecule has 2 heterocycles. The number of para-hydroxylation sites is 1. The van der Waals surface area contributed by atoms with E-state index in [0.29, 0.717) is 5.02 Å². The van der Waals surface area contributed by atoms with Crippen LogP contribution in [0.15, 0.2) is 42.9 Å². The average Bonchev–Trinajstić information content (AvgIpc) is 2.71. The molecule has 0 aliphatic rings. The first-order valence-corrected chi connectivity index (χ1v) is 5.82. The number of hydrogen-bond acceptors (Lipinski definition) is 1. The molecule has 90 valence electrons. The topological polar surface area (TPSA) is 21.7 Å². The molecule has 18 heavy (non-hydrogen) atoms. The van der Waals surface area contributed by atoms with Gasteiger partial charge in [-0.25, -0.2) is 13.6 Å². The molecule has 0 atom stereocenters. The summed E-state index contributed by atoms with van der Waals surface area (Å²) in [6, 6.07) is 6.46. The maximum absolute atomic E-state index is 13.8. The van der Waals surface area contributed by atoms with E-state index in [0.717, 1.165) is 10.9 Å². The predicted octanol–water partition coefficient (Wildman–Crippen LogP) is 2.64. The molecule has 2 aromatic heterocycles. The van der Waals surface area contributed by atoms with Crippen LogP contribution in [0.5, 0.6) is 0 Å². The summed E-state index contributed by atoms with van der Waals surface area (Å²) in [4.78, 5) is 0. The van der Waals surface area contributed by atoms with Crippen LogP contribution in [0.1, 0.15) is 0 Å². The number of fused-ring (bicyclic) bond motifs is 1. The van der Waals surface area contributed by atoms with Crippen molar-refractivity contribution in [3.8, 4) is 5.69 Å². The van der Waals surface area contributed by atoms with Crippen molar-refractivity contribution >= 4 is 22.5 Å². The van der Waals surface area contributed by atoms with Gasteiger partial charge in [0.1, 0.15) is 24.1 Å². The van der Waals surface area contributed by atoms with Crippen molar-refractivity contribution in [2.45, 2.75) is 0 Å². The fourth-order valence-corrected chi connectivity index (χ4v) is 2.15. The number of hydrogen-bond donors (Lipinski definition) is 0. The van der Waals surface area contributed by atoms with E-state index in [-0.39, 0.29) is 11.5 Å². The maximum Gasteiger partial charge on any atom is 0.179 e. The molecule has 3 rings (SSSR count). The molecule has 0 radical (unpaired) electrons. The van der Waals surface area contributed by atoms with Crippen molar-refractivity contribution in [2.24, 2.45) is 7.05 Å². The number of nitrogens with zero attached hydrogens (tertiary/aromatic N) is 3. The Hall–Kier alpha value is -1.94. The SMILES string of the molecule is C[n+]1ccc2nn(-c3c(F)cccc3Cl)cc2c1. The number of aryl methyl sites for hydroxylation is 1. The van der Waals surface area contributed by atoms with Gasteiger partial charge in [0.15, 0.2) is 12.4 Å². The minimum atomic E-state index is -0.389. The van der Waals surface area contributed by atoms with E-state index < -0.39 is 0 Å². The highest BCUT2D eigenvalue weighted by Crippen LogP contribution is 2.24. The molecule has 0 fully saturated rings. The van der Waals surface area contributed by atoms with Gasteiger partial charge < -0.3 is 0 Å². The first-order valence-electron chi connectivity index (χ1n) is 5.44. The molecule has 3 aromatic rings. The van der Waals surface area contributed by atoms with Crippen LogP contribution in [0.2, 0.25) is 5.02 Å². The molecule has 0 N–H and O–H groups in total. The van der Waals surface area contributed by atoms with E-state index in [1.54, 1.807) is 18.3 Å². The second kappa shape index (κ2) is 4.07. The molecule has 5 heteroatoms. The lowest BCUT2D eigenvalue weighted by Crippen LogP contribution is -2.25. The van der Waals surface area contributed by atoms with Gasteiger partial charge in [0.25, 0.3) is 0 Å². The van der Waals surface area contributed by atoms with Gasteiger partial charge >= 0.3 is 0 Å². The normalized spacial score (nSPS) is 11.1. The van der Waals surface area contributed by atoms with E-state index in [4.69, 9.17) is 11.6 Å². The van der Waals surface area contributed by atoms with Crippen molar-refractivity contribution < 1.29 is 8.96 Å².